The van der Waals surface area contributed by atoms with Gasteiger partial charge in [0.25, 0.3) is 0 Å². The number of hydrogen-bond donors (Lipinski definition) is 0. The Kier molecular flexibility index (Phi) is 4.98. The van der Waals surface area contributed by atoms with Crippen molar-refractivity contribution in [2.75, 3.05) is 6.61 Å². The molecule has 0 amide bonds. The lowest BCUT2D eigenvalue weighted by molar-refractivity contribution is 0.112. The number of aldehydes is 1. The molecule has 0 saturated carbocycles. The monoisotopic (exact) mass is 288 g/mol. The van der Waals surface area contributed by atoms with Crippen LogP contribution in [0.3, 0.4) is 0 Å². The van der Waals surface area contributed by atoms with Gasteiger partial charge in [-0.3, -0.25) is 9.48 Å². The van der Waals surface area contributed by atoms with E-state index in [1.165, 1.54) is 0 Å². The van der Waals surface area contributed by atoms with Crippen LogP contribution < -0.4 is 9.47 Å². The summed E-state index contributed by atoms with van der Waals surface area (Å²) in [5.74, 6) is 1.21. The van der Waals surface area contributed by atoms with Gasteiger partial charge in [-0.25, -0.2) is 0 Å². The van der Waals surface area contributed by atoms with Gasteiger partial charge in [0.2, 0.25) is 0 Å². The Morgan fingerprint density at radius 2 is 2.00 bits per heavy atom. The Bertz CT molecular complexity index is 620. The first kappa shape index (κ1) is 15.1. The highest BCUT2D eigenvalue weighted by atomic mass is 16.5. The van der Waals surface area contributed by atoms with Gasteiger partial charge in [0, 0.05) is 12.1 Å². The zero-order valence-electron chi connectivity index (χ0n) is 12.6. The Labute approximate surface area is 124 Å². The summed E-state index contributed by atoms with van der Waals surface area (Å²) < 4.78 is 13.3. The van der Waals surface area contributed by atoms with E-state index in [1.807, 2.05) is 31.5 Å². The summed E-state index contributed by atoms with van der Waals surface area (Å²) in [5.41, 5.74) is 2.55. The van der Waals surface area contributed by atoms with Crippen molar-refractivity contribution < 1.29 is 14.3 Å². The first-order valence-electron chi connectivity index (χ1n) is 7.06. The Balaban J connectivity index is 2.16. The van der Waals surface area contributed by atoms with E-state index in [2.05, 4.69) is 5.10 Å². The molecule has 0 radical (unpaired) electrons. The lowest BCUT2D eigenvalue weighted by atomic mass is 10.2. The third-order valence-corrected chi connectivity index (χ3v) is 3.06. The molecule has 0 atom stereocenters. The molecule has 0 aliphatic heterocycles. The van der Waals surface area contributed by atoms with Crippen LogP contribution in [-0.4, -0.2) is 22.7 Å². The molecule has 0 aliphatic carbocycles. The Morgan fingerprint density at radius 1 is 1.19 bits per heavy atom. The number of carbonyl (C=O) groups is 1. The summed E-state index contributed by atoms with van der Waals surface area (Å²) in [6.07, 6.45) is 0.793. The minimum Gasteiger partial charge on any atom is -0.490 e. The van der Waals surface area contributed by atoms with E-state index < -0.39 is 0 Å². The van der Waals surface area contributed by atoms with Crippen LogP contribution in [0.1, 0.15) is 35.6 Å². The second-order valence-corrected chi connectivity index (χ2v) is 4.64. The maximum absolute atomic E-state index is 10.8. The molecule has 0 spiro atoms. The molecule has 1 heterocycles. The molecule has 112 valence electrons. The molecule has 0 N–H and O–H groups in total. The van der Waals surface area contributed by atoms with E-state index in [4.69, 9.17) is 9.47 Å². The minimum absolute atomic E-state index is 0.412. The molecule has 0 fully saturated rings. The maximum Gasteiger partial charge on any atom is 0.161 e. The Morgan fingerprint density at radius 3 is 2.67 bits per heavy atom. The van der Waals surface area contributed by atoms with E-state index in [9.17, 15) is 4.79 Å². The average Bonchev–Trinajstić information content (AvgIpc) is 2.86. The standard InChI is InChI=1S/C16H20N2O3/c1-4-18-14(8-12(3)17-18)11-21-15-7-6-13(10-19)9-16(15)20-5-2/h6-10H,4-5,11H2,1-3H3. The van der Waals surface area contributed by atoms with Crippen molar-refractivity contribution in [2.24, 2.45) is 0 Å². The van der Waals surface area contributed by atoms with Crippen LogP contribution in [0.15, 0.2) is 24.3 Å². The molecule has 0 saturated heterocycles. The van der Waals surface area contributed by atoms with Crippen LogP contribution in [0.25, 0.3) is 0 Å². The highest BCUT2D eigenvalue weighted by Crippen LogP contribution is 2.28. The lowest BCUT2D eigenvalue weighted by Crippen LogP contribution is -2.07. The molecule has 1 aromatic heterocycles. The van der Waals surface area contributed by atoms with Crippen LogP contribution in [-0.2, 0) is 13.2 Å². The van der Waals surface area contributed by atoms with Gasteiger partial charge >= 0.3 is 0 Å². The van der Waals surface area contributed by atoms with Gasteiger partial charge in [0.1, 0.15) is 12.9 Å². The normalized spacial score (nSPS) is 10.4. The van der Waals surface area contributed by atoms with E-state index in [1.54, 1.807) is 18.2 Å². The van der Waals surface area contributed by atoms with Crippen LogP contribution in [0.5, 0.6) is 11.5 Å². The molecule has 21 heavy (non-hydrogen) atoms. The topological polar surface area (TPSA) is 53.4 Å². The molecule has 2 aromatic rings. The quantitative estimate of drug-likeness (QED) is 0.735. The largest absolute Gasteiger partial charge is 0.490 e. The summed E-state index contributed by atoms with van der Waals surface area (Å²) in [6, 6.07) is 7.17. The summed E-state index contributed by atoms with van der Waals surface area (Å²) in [7, 11) is 0. The fraction of sp³-hybridized carbons (Fsp3) is 0.375. The van der Waals surface area contributed by atoms with E-state index in [0.29, 0.717) is 30.3 Å². The highest BCUT2D eigenvalue weighted by molar-refractivity contribution is 5.76. The second-order valence-electron chi connectivity index (χ2n) is 4.64. The van der Waals surface area contributed by atoms with Crippen LogP contribution in [0.2, 0.25) is 0 Å². The van der Waals surface area contributed by atoms with Crippen molar-refractivity contribution in [3.05, 3.63) is 41.2 Å². The number of rotatable bonds is 7. The minimum atomic E-state index is 0.412. The first-order valence-corrected chi connectivity index (χ1v) is 7.06. The number of aryl methyl sites for hydroxylation is 2. The zero-order chi connectivity index (χ0) is 15.2. The van der Waals surface area contributed by atoms with Crippen molar-refractivity contribution in [2.45, 2.75) is 33.9 Å². The third kappa shape index (κ3) is 3.62. The third-order valence-electron chi connectivity index (χ3n) is 3.06. The average molecular weight is 288 g/mol. The van der Waals surface area contributed by atoms with E-state index in [0.717, 1.165) is 24.2 Å². The Hall–Kier alpha value is -2.30. The van der Waals surface area contributed by atoms with Crippen LogP contribution >= 0.6 is 0 Å². The molecular formula is C16H20N2O3. The van der Waals surface area contributed by atoms with Crippen LogP contribution in [0, 0.1) is 6.92 Å². The highest BCUT2D eigenvalue weighted by Gasteiger charge is 2.09. The number of aromatic nitrogens is 2. The molecule has 0 unspecified atom stereocenters. The van der Waals surface area contributed by atoms with Crippen molar-refractivity contribution in [3.8, 4) is 11.5 Å². The van der Waals surface area contributed by atoms with Crippen LogP contribution in [0.4, 0.5) is 0 Å². The predicted molar refractivity (Wildman–Crippen MR) is 80.0 cm³/mol. The van der Waals surface area contributed by atoms with Gasteiger partial charge in [0.15, 0.2) is 11.5 Å². The summed E-state index contributed by atoms with van der Waals surface area (Å²) >= 11 is 0. The maximum atomic E-state index is 10.8. The second kappa shape index (κ2) is 6.92. The van der Waals surface area contributed by atoms with E-state index >= 15 is 0 Å². The number of benzene rings is 1. The van der Waals surface area contributed by atoms with Crippen molar-refractivity contribution in [1.82, 2.24) is 9.78 Å². The lowest BCUT2D eigenvalue weighted by Gasteiger charge is -2.12. The predicted octanol–water partition coefficient (Wildman–Crippen LogP) is 3.00. The summed E-state index contributed by atoms with van der Waals surface area (Å²) in [4.78, 5) is 10.8. The van der Waals surface area contributed by atoms with Gasteiger partial charge in [-0.05, 0) is 45.0 Å². The van der Waals surface area contributed by atoms with Gasteiger partial charge in [0.05, 0.1) is 18.0 Å². The van der Waals surface area contributed by atoms with Crippen molar-refractivity contribution in [3.63, 3.8) is 0 Å². The van der Waals surface area contributed by atoms with Gasteiger partial charge in [-0.1, -0.05) is 0 Å². The molecule has 0 aliphatic rings. The summed E-state index contributed by atoms with van der Waals surface area (Å²) in [5, 5.41) is 4.39. The first-order chi connectivity index (χ1) is 10.2. The summed E-state index contributed by atoms with van der Waals surface area (Å²) in [6.45, 7) is 7.63. The van der Waals surface area contributed by atoms with Gasteiger partial charge in [-0.15, -0.1) is 0 Å². The molecular weight excluding hydrogens is 268 g/mol. The number of carbonyl (C=O) groups excluding carboxylic acids is 1. The molecule has 1 aromatic carbocycles. The molecule has 5 nitrogen and oxygen atoms in total. The fourth-order valence-corrected chi connectivity index (χ4v) is 2.13. The van der Waals surface area contributed by atoms with Crippen molar-refractivity contribution in [1.29, 1.82) is 0 Å². The molecule has 0 bridgehead atoms. The number of hydrogen-bond acceptors (Lipinski definition) is 4. The number of ether oxygens (including phenoxy) is 2. The number of nitrogens with zero attached hydrogens (tertiary/aromatic N) is 2. The van der Waals surface area contributed by atoms with Gasteiger partial charge in [-0.2, -0.15) is 5.10 Å². The van der Waals surface area contributed by atoms with Gasteiger partial charge < -0.3 is 9.47 Å². The van der Waals surface area contributed by atoms with Crippen molar-refractivity contribution >= 4 is 6.29 Å². The van der Waals surface area contributed by atoms with E-state index in [-0.39, 0.29) is 0 Å². The zero-order valence-corrected chi connectivity index (χ0v) is 12.6. The molecule has 2 rings (SSSR count). The SMILES string of the molecule is CCOc1cc(C=O)ccc1OCc1cc(C)nn1CC. The smallest absolute Gasteiger partial charge is 0.161 e. The molecule has 5 heteroatoms. The fourth-order valence-electron chi connectivity index (χ4n) is 2.13.